The highest BCUT2D eigenvalue weighted by molar-refractivity contribution is 6.84. The van der Waals surface area contributed by atoms with E-state index in [9.17, 15) is 19.5 Å². The number of benzene rings is 1. The fraction of sp³-hybridized carbons (Fsp3) is 0.621. The highest BCUT2D eigenvalue weighted by Gasteiger charge is 2.61. The van der Waals surface area contributed by atoms with Crippen molar-refractivity contribution in [3.8, 4) is 0 Å². The highest BCUT2D eigenvalue weighted by atomic mass is 28.5. The highest BCUT2D eigenvalue weighted by Crippen LogP contribution is 2.48. The molecule has 0 unspecified atom stereocenters. The Morgan fingerprint density at radius 3 is 2.07 bits per heavy atom. The number of rotatable bonds is 6. The lowest BCUT2D eigenvalue weighted by Gasteiger charge is -2.51. The van der Waals surface area contributed by atoms with E-state index in [1.54, 1.807) is 31.2 Å². The molecule has 226 valence electrons. The molecular formula is C29H44N2O8Si2. The predicted octanol–water partition coefficient (Wildman–Crippen LogP) is 4.22. The minimum Gasteiger partial charge on any atom is -0.414 e. The molecule has 10 nitrogen and oxygen atoms in total. The lowest BCUT2D eigenvalue weighted by Crippen LogP contribution is -2.65. The van der Waals surface area contributed by atoms with Crippen LogP contribution in [0.2, 0.25) is 22.2 Å². The SMILES string of the molecule is Cc1ccccc1C(=O)n1c(=O)ccn([C@@H]2O[C@@H]3CO[Si](C(C)C)(C(C)C)O[Si](C(C)C)(C(C)C)O[C@H]3[C@H]2O)c1=O. The van der Waals surface area contributed by atoms with E-state index in [2.05, 4.69) is 55.4 Å². The van der Waals surface area contributed by atoms with E-state index < -0.39 is 58.8 Å². The molecule has 0 saturated carbocycles. The van der Waals surface area contributed by atoms with Gasteiger partial charge in [-0.05, 0) is 40.7 Å². The summed E-state index contributed by atoms with van der Waals surface area (Å²) in [6, 6.07) is 7.87. The third-order valence-corrected chi connectivity index (χ3v) is 18.8. The molecule has 0 aliphatic carbocycles. The van der Waals surface area contributed by atoms with Crippen LogP contribution in [-0.2, 0) is 17.7 Å². The number of hydrogen-bond acceptors (Lipinski definition) is 8. The Morgan fingerprint density at radius 1 is 0.927 bits per heavy atom. The Morgan fingerprint density at radius 2 is 1.51 bits per heavy atom. The smallest absolute Gasteiger partial charge is 0.340 e. The fourth-order valence-electron chi connectivity index (χ4n) is 6.17. The number of aliphatic hydroxyl groups excluding tert-OH is 1. The summed E-state index contributed by atoms with van der Waals surface area (Å²) >= 11 is 0. The molecule has 12 heteroatoms. The third-order valence-electron chi connectivity index (χ3n) is 8.50. The van der Waals surface area contributed by atoms with Gasteiger partial charge in [-0.3, -0.25) is 14.2 Å². The Balaban J connectivity index is 1.79. The van der Waals surface area contributed by atoms with Crippen LogP contribution in [0.15, 0.2) is 46.1 Å². The van der Waals surface area contributed by atoms with Crippen molar-refractivity contribution in [3.63, 3.8) is 0 Å². The summed E-state index contributed by atoms with van der Waals surface area (Å²) in [5.41, 5.74) is -0.449. The number of aryl methyl sites for hydroxylation is 1. The van der Waals surface area contributed by atoms with Crippen molar-refractivity contribution in [3.05, 3.63) is 68.5 Å². The maximum atomic E-state index is 13.6. The quantitative estimate of drug-likeness (QED) is 0.487. The van der Waals surface area contributed by atoms with Crippen LogP contribution in [-0.4, -0.2) is 62.2 Å². The first-order valence-corrected chi connectivity index (χ1v) is 18.4. The van der Waals surface area contributed by atoms with Crippen LogP contribution >= 0.6 is 0 Å². The molecule has 4 rings (SSSR count). The molecule has 3 heterocycles. The Labute approximate surface area is 243 Å². The molecule has 41 heavy (non-hydrogen) atoms. The van der Waals surface area contributed by atoms with Gasteiger partial charge in [-0.25, -0.2) is 4.79 Å². The van der Waals surface area contributed by atoms with Crippen LogP contribution in [0.4, 0.5) is 0 Å². The lowest BCUT2D eigenvalue weighted by molar-refractivity contribution is -0.0603. The van der Waals surface area contributed by atoms with Crippen LogP contribution < -0.4 is 11.2 Å². The molecule has 4 atom stereocenters. The Bertz CT molecular complexity index is 1370. The number of aliphatic hydroxyl groups is 1. The van der Waals surface area contributed by atoms with Crippen LogP contribution in [0.1, 0.15) is 77.5 Å². The molecular weight excluding hydrogens is 560 g/mol. The van der Waals surface area contributed by atoms with Crippen molar-refractivity contribution in [1.29, 1.82) is 0 Å². The van der Waals surface area contributed by atoms with E-state index >= 15 is 0 Å². The third kappa shape index (κ3) is 5.39. The molecule has 0 bridgehead atoms. The summed E-state index contributed by atoms with van der Waals surface area (Å²) in [5, 5.41) is 11.6. The van der Waals surface area contributed by atoms with Crippen LogP contribution in [0, 0.1) is 6.92 Å². The van der Waals surface area contributed by atoms with Crippen LogP contribution in [0.3, 0.4) is 0 Å². The number of carbonyl (C=O) groups excluding carboxylic acids is 1. The Hall–Kier alpha value is -2.20. The lowest BCUT2D eigenvalue weighted by atomic mass is 10.1. The summed E-state index contributed by atoms with van der Waals surface area (Å²) in [5.74, 6) is -0.741. The van der Waals surface area contributed by atoms with Gasteiger partial charge in [0, 0.05) is 17.8 Å². The van der Waals surface area contributed by atoms with Gasteiger partial charge in [0.25, 0.3) is 11.5 Å². The van der Waals surface area contributed by atoms with Crippen molar-refractivity contribution >= 4 is 23.0 Å². The van der Waals surface area contributed by atoms with E-state index in [0.717, 1.165) is 10.6 Å². The van der Waals surface area contributed by atoms with Crippen molar-refractivity contribution in [2.75, 3.05) is 6.61 Å². The molecule has 2 fully saturated rings. The van der Waals surface area contributed by atoms with Gasteiger partial charge >= 0.3 is 22.8 Å². The van der Waals surface area contributed by atoms with Gasteiger partial charge in [-0.15, -0.1) is 0 Å². The van der Waals surface area contributed by atoms with E-state index in [0.29, 0.717) is 10.1 Å². The zero-order chi connectivity index (χ0) is 30.4. The number of aromatic nitrogens is 2. The standard InChI is InChI=1S/C29H44N2O8Si2/c1-17(2)40(18(3)4)36-16-23-26(38-41(39-40,19(5)6)20(7)8)25(33)28(37-23)30-15-14-24(32)31(29(30)35)27(34)22-13-11-10-12-21(22)9/h10-15,17-20,23,25-26,28,33H,16H2,1-9H3/t23-,25-,26-,28-/m1/s1. The molecule has 2 aliphatic rings. The van der Waals surface area contributed by atoms with Gasteiger partial charge in [0.05, 0.1) is 6.61 Å². The average molecular weight is 605 g/mol. The topological polar surface area (TPSA) is 118 Å². The van der Waals surface area contributed by atoms with Gasteiger partial charge in [-0.1, -0.05) is 73.6 Å². The molecule has 0 radical (unpaired) electrons. The molecule has 0 spiro atoms. The summed E-state index contributed by atoms with van der Waals surface area (Å²) in [6.07, 6.45) is -2.74. The van der Waals surface area contributed by atoms with Gasteiger partial charge in [-0.2, -0.15) is 4.57 Å². The van der Waals surface area contributed by atoms with E-state index in [4.69, 9.17) is 17.7 Å². The van der Waals surface area contributed by atoms with Crippen molar-refractivity contribution in [1.82, 2.24) is 9.13 Å². The zero-order valence-corrected chi connectivity index (χ0v) is 27.5. The van der Waals surface area contributed by atoms with E-state index in [1.807, 2.05) is 0 Å². The van der Waals surface area contributed by atoms with Gasteiger partial charge in [0.2, 0.25) is 0 Å². The summed E-state index contributed by atoms with van der Waals surface area (Å²) < 4.78 is 28.8. The molecule has 2 aliphatic heterocycles. The van der Waals surface area contributed by atoms with Crippen molar-refractivity contribution in [2.45, 2.75) is 109 Å². The maximum absolute atomic E-state index is 13.6. The number of nitrogens with zero attached hydrogens (tertiary/aromatic N) is 2. The molecule has 1 aromatic carbocycles. The normalized spacial score (nSPS) is 25.9. The van der Waals surface area contributed by atoms with Crippen LogP contribution in [0.25, 0.3) is 0 Å². The monoisotopic (exact) mass is 604 g/mol. The van der Waals surface area contributed by atoms with Crippen molar-refractivity contribution in [2.24, 2.45) is 0 Å². The van der Waals surface area contributed by atoms with E-state index in [1.165, 1.54) is 6.20 Å². The molecule has 1 N–H and O–H groups in total. The maximum Gasteiger partial charge on any atom is 0.340 e. The summed E-state index contributed by atoms with van der Waals surface area (Å²) in [7, 11) is -5.87. The van der Waals surface area contributed by atoms with Crippen molar-refractivity contribution < 1.29 is 27.6 Å². The second kappa shape index (κ2) is 11.8. The predicted molar refractivity (Wildman–Crippen MR) is 160 cm³/mol. The minimum atomic E-state index is -3.04. The molecule has 2 aromatic rings. The first kappa shape index (κ1) is 31.7. The number of fused-ring (bicyclic) bond motifs is 1. The first-order chi connectivity index (χ1) is 19.2. The zero-order valence-electron chi connectivity index (χ0n) is 25.5. The van der Waals surface area contributed by atoms with Gasteiger partial charge in [0.1, 0.15) is 18.3 Å². The van der Waals surface area contributed by atoms with Crippen LogP contribution in [0.5, 0.6) is 0 Å². The molecule has 1 aromatic heterocycles. The number of hydrogen-bond donors (Lipinski definition) is 1. The molecule has 0 amide bonds. The van der Waals surface area contributed by atoms with Gasteiger partial charge in [0.15, 0.2) is 6.23 Å². The fourth-order valence-corrected chi connectivity index (χ4v) is 17.4. The second-order valence-electron chi connectivity index (χ2n) is 12.4. The minimum absolute atomic E-state index is 0.0387. The second-order valence-corrected chi connectivity index (χ2v) is 21.3. The largest absolute Gasteiger partial charge is 0.414 e. The molecule has 2 saturated heterocycles. The van der Waals surface area contributed by atoms with Gasteiger partial charge < -0.3 is 22.8 Å². The number of ether oxygens (including phenoxy) is 1. The summed E-state index contributed by atoms with van der Waals surface area (Å²) in [6.45, 7) is 18.7. The first-order valence-electron chi connectivity index (χ1n) is 14.5. The average Bonchev–Trinajstić information content (AvgIpc) is 3.17. The number of carbonyl (C=O) groups is 1. The van der Waals surface area contributed by atoms with E-state index in [-0.39, 0.29) is 34.3 Å². The Kier molecular flexibility index (Phi) is 9.15. The summed E-state index contributed by atoms with van der Waals surface area (Å²) in [4.78, 5) is 39.7.